The van der Waals surface area contributed by atoms with E-state index >= 15 is 0 Å². The second-order valence-corrected chi connectivity index (χ2v) is 10.6. The monoisotopic (exact) mass is 565 g/mol. The fraction of sp³-hybridized carbons (Fsp3) is 0.581. The largest absolute Gasteiger partial charge is 0.493 e. The number of aryl methyl sites for hydroxylation is 2. The van der Waals surface area contributed by atoms with Crippen LogP contribution in [0.25, 0.3) is 0 Å². The molecule has 3 atom stereocenters. The van der Waals surface area contributed by atoms with E-state index in [0.717, 1.165) is 62.1 Å². The lowest BCUT2D eigenvalue weighted by Crippen LogP contribution is -2.34. The second kappa shape index (κ2) is 16.7. The summed E-state index contributed by atoms with van der Waals surface area (Å²) in [5.74, 6) is 1.22. The van der Waals surface area contributed by atoms with Gasteiger partial charge < -0.3 is 24.6 Å². The summed E-state index contributed by atoms with van der Waals surface area (Å²) in [6.07, 6.45) is 5.47. The van der Waals surface area contributed by atoms with Crippen molar-refractivity contribution in [2.24, 2.45) is 11.8 Å². The Morgan fingerprint density at radius 3 is 2.51 bits per heavy atom. The summed E-state index contributed by atoms with van der Waals surface area (Å²) in [4.78, 5) is 11.8. The van der Waals surface area contributed by atoms with E-state index in [2.05, 4.69) is 25.2 Å². The van der Waals surface area contributed by atoms with E-state index in [9.17, 15) is 14.3 Å². The number of carboxylic acid groups (broad SMARTS) is 1. The lowest BCUT2D eigenvalue weighted by molar-refractivity contribution is -0.152. The number of ether oxygens (including phenoxy) is 3. The van der Waals surface area contributed by atoms with Crippen molar-refractivity contribution in [1.29, 1.82) is 0 Å². The van der Waals surface area contributed by atoms with E-state index < -0.39 is 12.1 Å². The minimum absolute atomic E-state index is 0. The summed E-state index contributed by atoms with van der Waals surface area (Å²) in [5, 5.41) is 13.1. The molecule has 2 aromatic rings. The third-order valence-corrected chi connectivity index (χ3v) is 7.61. The van der Waals surface area contributed by atoms with Crippen molar-refractivity contribution in [1.82, 2.24) is 5.32 Å². The molecule has 0 radical (unpaired) electrons. The highest BCUT2D eigenvalue weighted by molar-refractivity contribution is 5.85. The Morgan fingerprint density at radius 2 is 1.82 bits per heavy atom. The molecule has 2 aromatic carbocycles. The van der Waals surface area contributed by atoms with Crippen molar-refractivity contribution in [3.05, 3.63) is 58.9 Å². The van der Waals surface area contributed by atoms with Gasteiger partial charge >= 0.3 is 5.97 Å². The maximum atomic E-state index is 13.7. The molecular weight excluding hydrogens is 521 g/mol. The van der Waals surface area contributed by atoms with Gasteiger partial charge in [-0.1, -0.05) is 32.4 Å². The van der Waals surface area contributed by atoms with Crippen LogP contribution in [-0.4, -0.2) is 51.1 Å². The van der Waals surface area contributed by atoms with Crippen molar-refractivity contribution in [2.45, 2.75) is 70.8 Å². The topological polar surface area (TPSA) is 77.0 Å². The first kappa shape index (κ1) is 32.9. The number of halogens is 2. The molecule has 8 heteroatoms. The number of carbonyl (C=O) groups is 1. The van der Waals surface area contributed by atoms with Gasteiger partial charge in [-0.05, 0) is 110 Å². The number of rotatable bonds is 16. The van der Waals surface area contributed by atoms with Crippen LogP contribution in [0.3, 0.4) is 0 Å². The quantitative estimate of drug-likeness (QED) is 0.228. The fourth-order valence-corrected chi connectivity index (χ4v) is 5.65. The van der Waals surface area contributed by atoms with Crippen LogP contribution in [0.15, 0.2) is 36.4 Å². The molecule has 3 rings (SSSR count). The van der Waals surface area contributed by atoms with E-state index in [0.29, 0.717) is 25.5 Å². The van der Waals surface area contributed by atoms with Crippen LogP contribution in [-0.2, 0) is 22.4 Å². The minimum atomic E-state index is -0.916. The molecule has 0 spiro atoms. The zero-order chi connectivity index (χ0) is 27.5. The molecule has 0 heterocycles. The molecule has 0 amide bonds. The van der Waals surface area contributed by atoms with Crippen LogP contribution in [0.1, 0.15) is 68.6 Å². The van der Waals surface area contributed by atoms with Gasteiger partial charge in [0.15, 0.2) is 17.6 Å². The average molecular weight is 566 g/mol. The van der Waals surface area contributed by atoms with Gasteiger partial charge in [0.2, 0.25) is 0 Å². The lowest BCUT2D eigenvalue weighted by atomic mass is 9.70. The zero-order valence-electron chi connectivity index (χ0n) is 23.7. The van der Waals surface area contributed by atoms with Crippen molar-refractivity contribution in [2.75, 3.05) is 33.9 Å². The highest BCUT2D eigenvalue weighted by atomic mass is 35.5. The number of nitrogens with one attached hydrogen (secondary N) is 1. The Balaban J connectivity index is 0.00000533. The number of benzene rings is 2. The van der Waals surface area contributed by atoms with E-state index in [1.54, 1.807) is 20.3 Å². The highest BCUT2D eigenvalue weighted by Gasteiger charge is 2.33. The summed E-state index contributed by atoms with van der Waals surface area (Å²) < 4.78 is 30.3. The van der Waals surface area contributed by atoms with Gasteiger partial charge in [0, 0.05) is 0 Å². The summed E-state index contributed by atoms with van der Waals surface area (Å²) in [6, 6.07) is 11.1. The SMILES string of the molecule is COc1ccc(CCCCCNCC[C@@H](OCC2CCc3cc(F)ccc3[C@@H]2C(C)C)C(=O)O)cc1OC.Cl. The predicted molar refractivity (Wildman–Crippen MR) is 155 cm³/mol. The Hall–Kier alpha value is -2.35. The van der Waals surface area contributed by atoms with Crippen molar-refractivity contribution in [3.63, 3.8) is 0 Å². The number of unbranched alkanes of at least 4 members (excludes halogenated alkanes) is 2. The summed E-state index contributed by atoms with van der Waals surface area (Å²) in [7, 11) is 3.28. The molecule has 1 aliphatic carbocycles. The zero-order valence-corrected chi connectivity index (χ0v) is 24.5. The number of methoxy groups -OCH3 is 2. The molecule has 0 aromatic heterocycles. The van der Waals surface area contributed by atoms with Gasteiger partial charge in [0.05, 0.1) is 20.8 Å². The average Bonchev–Trinajstić information content (AvgIpc) is 2.90. The molecule has 6 nitrogen and oxygen atoms in total. The summed E-state index contributed by atoms with van der Waals surface area (Å²) in [6.45, 7) is 6.20. The van der Waals surface area contributed by atoms with Crippen molar-refractivity contribution < 1.29 is 28.5 Å². The third-order valence-electron chi connectivity index (χ3n) is 7.61. The van der Waals surface area contributed by atoms with Crippen LogP contribution in [0, 0.1) is 17.7 Å². The van der Waals surface area contributed by atoms with E-state index in [1.807, 2.05) is 18.2 Å². The van der Waals surface area contributed by atoms with E-state index in [1.165, 1.54) is 17.2 Å². The number of fused-ring (bicyclic) bond motifs is 1. The van der Waals surface area contributed by atoms with Crippen LogP contribution < -0.4 is 14.8 Å². The normalized spacial score (nSPS) is 17.3. The van der Waals surface area contributed by atoms with Crippen LogP contribution in [0.4, 0.5) is 4.39 Å². The molecule has 2 N–H and O–H groups in total. The number of aliphatic carboxylic acids is 1. The molecule has 218 valence electrons. The molecule has 0 aliphatic heterocycles. The van der Waals surface area contributed by atoms with Gasteiger partial charge in [0.1, 0.15) is 5.82 Å². The molecule has 0 bridgehead atoms. The van der Waals surface area contributed by atoms with Crippen LogP contribution >= 0.6 is 12.4 Å². The summed E-state index contributed by atoms with van der Waals surface area (Å²) >= 11 is 0. The molecule has 0 saturated heterocycles. The smallest absolute Gasteiger partial charge is 0.332 e. The maximum absolute atomic E-state index is 13.7. The second-order valence-electron chi connectivity index (χ2n) is 10.6. The van der Waals surface area contributed by atoms with Gasteiger partial charge in [-0.25, -0.2) is 9.18 Å². The number of hydrogen-bond donors (Lipinski definition) is 2. The van der Waals surface area contributed by atoms with Crippen molar-refractivity contribution >= 4 is 18.4 Å². The first-order valence-electron chi connectivity index (χ1n) is 13.9. The Bertz CT molecular complexity index is 1030. The number of hydrogen-bond acceptors (Lipinski definition) is 5. The third kappa shape index (κ3) is 9.66. The fourth-order valence-electron chi connectivity index (χ4n) is 5.65. The standard InChI is InChI=1S/C31H44FNO5.ClH/c1-21(2)30-24(11-10-23-19-25(32)12-13-26(23)30)20-38-28(31(34)35)15-17-33-16-7-5-6-8-22-9-14-27(36-3)29(18-22)37-4;/h9,12-14,18-19,21,24,28,30,33H,5-8,10-11,15-17,20H2,1-4H3,(H,34,35);1H/t24?,28-,30-;/m1./s1. The summed E-state index contributed by atoms with van der Waals surface area (Å²) in [5.41, 5.74) is 3.48. The van der Waals surface area contributed by atoms with Crippen molar-refractivity contribution in [3.8, 4) is 11.5 Å². The predicted octanol–water partition coefficient (Wildman–Crippen LogP) is 6.43. The molecule has 1 unspecified atom stereocenters. The van der Waals surface area contributed by atoms with Gasteiger partial charge in [0.25, 0.3) is 0 Å². The molecular formula is C31H45ClFNO5. The van der Waals surface area contributed by atoms with Gasteiger partial charge in [-0.3, -0.25) is 0 Å². The first-order chi connectivity index (χ1) is 18.3. The first-order valence-corrected chi connectivity index (χ1v) is 13.9. The van der Waals surface area contributed by atoms with Crippen LogP contribution in [0.2, 0.25) is 0 Å². The van der Waals surface area contributed by atoms with E-state index in [-0.39, 0.29) is 30.1 Å². The van der Waals surface area contributed by atoms with Gasteiger partial charge in [-0.15, -0.1) is 12.4 Å². The van der Waals surface area contributed by atoms with Crippen LogP contribution in [0.5, 0.6) is 11.5 Å². The molecule has 1 aliphatic rings. The molecule has 0 saturated carbocycles. The number of carboxylic acids is 1. The lowest BCUT2D eigenvalue weighted by Gasteiger charge is -2.36. The molecule has 0 fully saturated rings. The van der Waals surface area contributed by atoms with E-state index in [4.69, 9.17) is 14.2 Å². The Kier molecular flexibility index (Phi) is 14.1. The van der Waals surface area contributed by atoms with Gasteiger partial charge in [-0.2, -0.15) is 0 Å². The highest BCUT2D eigenvalue weighted by Crippen LogP contribution is 2.41. The maximum Gasteiger partial charge on any atom is 0.332 e. The molecule has 39 heavy (non-hydrogen) atoms. The Labute approximate surface area is 239 Å². The Morgan fingerprint density at radius 1 is 1.05 bits per heavy atom. The minimum Gasteiger partial charge on any atom is -0.493 e.